The van der Waals surface area contributed by atoms with E-state index < -0.39 is 17.0 Å². The van der Waals surface area contributed by atoms with Crippen LogP contribution in [0.15, 0.2) is 42.5 Å². The Morgan fingerprint density at radius 3 is 2.25 bits per heavy atom. The summed E-state index contributed by atoms with van der Waals surface area (Å²) in [5, 5.41) is 0. The molecular weight excluding hydrogens is 258 g/mol. The van der Waals surface area contributed by atoms with Crippen LogP contribution in [0.5, 0.6) is 0 Å². The summed E-state index contributed by atoms with van der Waals surface area (Å²) in [6.45, 7) is 1.48. The van der Waals surface area contributed by atoms with Crippen LogP contribution in [0.4, 0.5) is 8.78 Å². The molecule has 0 amide bonds. The highest BCUT2D eigenvalue weighted by Crippen LogP contribution is 2.50. The first-order valence-electron chi connectivity index (χ1n) is 6.61. The molecule has 2 aromatic carbocycles. The minimum absolute atomic E-state index is 0.144. The quantitative estimate of drug-likeness (QED) is 0.766. The van der Waals surface area contributed by atoms with Gasteiger partial charge in [-0.2, -0.15) is 0 Å². The van der Waals surface area contributed by atoms with E-state index in [9.17, 15) is 13.6 Å². The molecule has 1 aliphatic carbocycles. The average Bonchev–Trinajstić information content (AvgIpc) is 3.27. The van der Waals surface area contributed by atoms with Crippen molar-refractivity contribution in [1.82, 2.24) is 0 Å². The van der Waals surface area contributed by atoms with Crippen LogP contribution in [0, 0.1) is 18.6 Å². The first-order valence-corrected chi connectivity index (χ1v) is 6.61. The first kappa shape index (κ1) is 13.0. The second-order valence-corrected chi connectivity index (χ2v) is 5.34. The van der Waals surface area contributed by atoms with Crippen molar-refractivity contribution in [2.45, 2.75) is 25.2 Å². The molecule has 20 heavy (non-hydrogen) atoms. The van der Waals surface area contributed by atoms with Gasteiger partial charge in [0.25, 0.3) is 0 Å². The fourth-order valence-corrected chi connectivity index (χ4v) is 2.61. The summed E-state index contributed by atoms with van der Waals surface area (Å²) in [4.78, 5) is 12.6. The molecule has 0 aliphatic heterocycles. The summed E-state index contributed by atoms with van der Waals surface area (Å²) in [5.74, 6) is -2.28. The summed E-state index contributed by atoms with van der Waals surface area (Å²) < 4.78 is 27.6. The SMILES string of the molecule is Cc1ccc(C(=O)C2(c3ccccc3)CC2)c(F)c1F. The zero-order chi connectivity index (χ0) is 14.3. The minimum atomic E-state index is -1.03. The average molecular weight is 272 g/mol. The standard InChI is InChI=1S/C17H14F2O/c1-11-7-8-13(15(19)14(11)18)16(20)17(9-10-17)12-5-3-2-4-6-12/h2-8H,9-10H2,1H3. The molecule has 0 unspecified atom stereocenters. The molecule has 0 N–H and O–H groups in total. The number of rotatable bonds is 3. The van der Waals surface area contributed by atoms with Crippen molar-refractivity contribution in [2.75, 3.05) is 0 Å². The van der Waals surface area contributed by atoms with E-state index in [2.05, 4.69) is 0 Å². The van der Waals surface area contributed by atoms with Crippen LogP contribution < -0.4 is 0 Å². The van der Waals surface area contributed by atoms with E-state index in [1.54, 1.807) is 0 Å². The number of ketones is 1. The Morgan fingerprint density at radius 2 is 1.65 bits per heavy atom. The highest BCUT2D eigenvalue weighted by molar-refractivity contribution is 6.06. The molecule has 1 saturated carbocycles. The molecule has 0 spiro atoms. The summed E-state index contributed by atoms with van der Waals surface area (Å²) >= 11 is 0. The van der Waals surface area contributed by atoms with Gasteiger partial charge in [-0.1, -0.05) is 36.4 Å². The van der Waals surface area contributed by atoms with E-state index in [-0.39, 0.29) is 16.9 Å². The molecule has 2 aromatic rings. The lowest BCUT2D eigenvalue weighted by Gasteiger charge is -2.15. The predicted octanol–water partition coefficient (Wildman–Crippen LogP) is 4.19. The molecular formula is C17H14F2O. The Balaban J connectivity index is 2.04. The monoisotopic (exact) mass is 272 g/mol. The van der Waals surface area contributed by atoms with Gasteiger partial charge in [0.15, 0.2) is 17.4 Å². The van der Waals surface area contributed by atoms with Gasteiger partial charge in [-0.15, -0.1) is 0 Å². The summed E-state index contributed by atoms with van der Waals surface area (Å²) in [5.41, 5.74) is 0.285. The van der Waals surface area contributed by atoms with Gasteiger partial charge in [0.05, 0.1) is 11.0 Å². The van der Waals surface area contributed by atoms with E-state index in [1.807, 2.05) is 30.3 Å². The van der Waals surface area contributed by atoms with Crippen molar-refractivity contribution in [3.8, 4) is 0 Å². The molecule has 0 bridgehead atoms. The molecule has 3 heteroatoms. The number of hydrogen-bond donors (Lipinski definition) is 0. The van der Waals surface area contributed by atoms with Crippen LogP contribution in [0.3, 0.4) is 0 Å². The molecule has 1 nitrogen and oxygen atoms in total. The Labute approximate surface area is 116 Å². The Hall–Kier alpha value is -2.03. The van der Waals surface area contributed by atoms with Crippen molar-refractivity contribution in [2.24, 2.45) is 0 Å². The molecule has 102 valence electrons. The number of Topliss-reactive ketones (excluding diaryl/α,β-unsaturated/α-hetero) is 1. The zero-order valence-electron chi connectivity index (χ0n) is 11.1. The molecule has 0 heterocycles. The van der Waals surface area contributed by atoms with Gasteiger partial charge in [0.1, 0.15) is 0 Å². The van der Waals surface area contributed by atoms with Crippen molar-refractivity contribution >= 4 is 5.78 Å². The summed E-state index contributed by atoms with van der Waals surface area (Å²) in [7, 11) is 0. The molecule has 0 aromatic heterocycles. The largest absolute Gasteiger partial charge is 0.293 e. The van der Waals surface area contributed by atoms with Crippen LogP contribution in [0.1, 0.15) is 34.3 Å². The smallest absolute Gasteiger partial charge is 0.176 e. The number of benzene rings is 2. The molecule has 0 radical (unpaired) electrons. The number of carbonyl (C=O) groups excluding carboxylic acids is 1. The van der Waals surface area contributed by atoms with Crippen molar-refractivity contribution in [3.63, 3.8) is 0 Å². The van der Waals surface area contributed by atoms with E-state index in [1.165, 1.54) is 19.1 Å². The fraction of sp³-hybridized carbons (Fsp3) is 0.235. The van der Waals surface area contributed by atoms with Crippen LogP contribution >= 0.6 is 0 Å². The molecule has 1 aliphatic rings. The normalized spacial score (nSPS) is 15.9. The maximum absolute atomic E-state index is 14.0. The fourth-order valence-electron chi connectivity index (χ4n) is 2.61. The van der Waals surface area contributed by atoms with Crippen LogP contribution in [-0.4, -0.2) is 5.78 Å². The predicted molar refractivity (Wildman–Crippen MR) is 72.8 cm³/mol. The maximum Gasteiger partial charge on any atom is 0.176 e. The highest BCUT2D eigenvalue weighted by atomic mass is 19.2. The number of aryl methyl sites for hydroxylation is 1. The van der Waals surface area contributed by atoms with E-state index in [0.29, 0.717) is 12.8 Å². The Kier molecular flexibility index (Phi) is 2.93. The van der Waals surface area contributed by atoms with Crippen LogP contribution in [0.2, 0.25) is 0 Å². The van der Waals surface area contributed by atoms with Crippen molar-refractivity contribution in [1.29, 1.82) is 0 Å². The molecule has 3 rings (SSSR count). The number of hydrogen-bond acceptors (Lipinski definition) is 1. The van der Waals surface area contributed by atoms with E-state index in [4.69, 9.17) is 0 Å². The number of carbonyl (C=O) groups is 1. The number of halogens is 2. The molecule has 0 atom stereocenters. The second kappa shape index (κ2) is 4.51. The van der Waals surface area contributed by atoms with Gasteiger partial charge in [-0.25, -0.2) is 8.78 Å². The van der Waals surface area contributed by atoms with Crippen LogP contribution in [0.25, 0.3) is 0 Å². The van der Waals surface area contributed by atoms with Gasteiger partial charge in [-0.05, 0) is 37.0 Å². The van der Waals surface area contributed by atoms with Crippen LogP contribution in [-0.2, 0) is 5.41 Å². The van der Waals surface area contributed by atoms with Gasteiger partial charge < -0.3 is 0 Å². The van der Waals surface area contributed by atoms with E-state index in [0.717, 1.165) is 5.56 Å². The van der Waals surface area contributed by atoms with E-state index >= 15 is 0 Å². The molecule has 1 fully saturated rings. The van der Waals surface area contributed by atoms with Gasteiger partial charge in [-0.3, -0.25) is 4.79 Å². The van der Waals surface area contributed by atoms with Crippen molar-refractivity contribution < 1.29 is 13.6 Å². The topological polar surface area (TPSA) is 17.1 Å². The zero-order valence-corrected chi connectivity index (χ0v) is 11.1. The lowest BCUT2D eigenvalue weighted by atomic mass is 9.87. The molecule has 0 saturated heterocycles. The third-order valence-electron chi connectivity index (χ3n) is 4.03. The van der Waals surface area contributed by atoms with Gasteiger partial charge >= 0.3 is 0 Å². The Morgan fingerprint density at radius 1 is 1.00 bits per heavy atom. The maximum atomic E-state index is 14.0. The lowest BCUT2D eigenvalue weighted by molar-refractivity contribution is 0.0941. The summed E-state index contributed by atoms with van der Waals surface area (Å²) in [6.07, 6.45) is 1.37. The first-order chi connectivity index (χ1) is 9.56. The van der Waals surface area contributed by atoms with Crippen molar-refractivity contribution in [3.05, 3.63) is 70.8 Å². The third-order valence-corrected chi connectivity index (χ3v) is 4.03. The Bertz CT molecular complexity index is 673. The lowest BCUT2D eigenvalue weighted by Crippen LogP contribution is -2.22. The van der Waals surface area contributed by atoms with Gasteiger partial charge in [0, 0.05) is 0 Å². The highest BCUT2D eigenvalue weighted by Gasteiger charge is 2.51. The van der Waals surface area contributed by atoms with Gasteiger partial charge in [0.2, 0.25) is 0 Å². The third kappa shape index (κ3) is 1.85. The summed E-state index contributed by atoms with van der Waals surface area (Å²) in [6, 6.07) is 12.2. The second-order valence-electron chi connectivity index (χ2n) is 5.34. The minimum Gasteiger partial charge on any atom is -0.293 e.